The topological polar surface area (TPSA) is 69.6 Å². The van der Waals surface area contributed by atoms with Crippen molar-refractivity contribution in [1.82, 2.24) is 10.2 Å². The molecule has 22 heavy (non-hydrogen) atoms. The van der Waals surface area contributed by atoms with Gasteiger partial charge in [0.1, 0.15) is 0 Å². The summed E-state index contributed by atoms with van der Waals surface area (Å²) in [6, 6.07) is 10.2. The van der Waals surface area contributed by atoms with Crippen molar-refractivity contribution in [2.24, 2.45) is 5.92 Å². The highest BCUT2D eigenvalue weighted by Gasteiger charge is 2.28. The molecule has 5 nitrogen and oxygen atoms in total. The van der Waals surface area contributed by atoms with Gasteiger partial charge in [0.2, 0.25) is 5.91 Å². The maximum absolute atomic E-state index is 11.8. The monoisotopic (exact) mass is 322 g/mol. The second-order valence-corrected chi connectivity index (χ2v) is 6.59. The fourth-order valence-corrected chi connectivity index (χ4v) is 3.32. The Kier molecular flexibility index (Phi) is 6.74. The molecule has 1 saturated heterocycles. The fraction of sp³-hybridized carbons (Fsp3) is 0.500. The highest BCUT2D eigenvalue weighted by atomic mass is 32.2. The third kappa shape index (κ3) is 5.69. The zero-order valence-corrected chi connectivity index (χ0v) is 13.3. The number of likely N-dealkylation sites (tertiary alicyclic amines) is 1. The van der Waals surface area contributed by atoms with Gasteiger partial charge in [-0.2, -0.15) is 0 Å². The molecule has 2 N–H and O–H groups in total. The van der Waals surface area contributed by atoms with E-state index in [1.807, 2.05) is 23.1 Å². The number of nitrogens with one attached hydrogen (secondary N) is 1. The van der Waals surface area contributed by atoms with Crippen LogP contribution in [0.25, 0.3) is 0 Å². The van der Waals surface area contributed by atoms with Crippen LogP contribution in [-0.2, 0) is 9.59 Å². The lowest BCUT2D eigenvalue weighted by Crippen LogP contribution is -2.37. The number of hydrogen-bond donors (Lipinski definition) is 2. The summed E-state index contributed by atoms with van der Waals surface area (Å²) in [5, 5.41) is 11.8. The second kappa shape index (κ2) is 8.80. The Bertz CT molecular complexity index is 495. The number of carbonyl (C=O) groups excluding carboxylic acids is 1. The van der Waals surface area contributed by atoms with E-state index in [0.717, 1.165) is 12.2 Å². The molecule has 0 aliphatic carbocycles. The molecule has 1 aromatic rings. The number of aliphatic carboxylic acids is 1. The second-order valence-electron chi connectivity index (χ2n) is 5.42. The van der Waals surface area contributed by atoms with Crippen molar-refractivity contribution in [3.63, 3.8) is 0 Å². The molecule has 0 radical (unpaired) electrons. The summed E-state index contributed by atoms with van der Waals surface area (Å²) in [5.41, 5.74) is 0. The predicted molar refractivity (Wildman–Crippen MR) is 87.0 cm³/mol. The molecule has 0 spiro atoms. The molecular formula is C16H22N2O3S. The Morgan fingerprint density at radius 1 is 1.32 bits per heavy atom. The van der Waals surface area contributed by atoms with Gasteiger partial charge in [-0.15, -0.1) is 11.8 Å². The maximum atomic E-state index is 11.8. The Hall–Kier alpha value is -1.53. The Morgan fingerprint density at radius 3 is 2.77 bits per heavy atom. The molecule has 0 bridgehead atoms. The van der Waals surface area contributed by atoms with Gasteiger partial charge in [0, 0.05) is 18.0 Å². The maximum Gasteiger partial charge on any atom is 0.307 e. The first kappa shape index (κ1) is 16.8. The molecule has 1 amide bonds. The van der Waals surface area contributed by atoms with Crippen LogP contribution < -0.4 is 5.32 Å². The number of nitrogens with zero attached hydrogens (tertiary/aromatic N) is 1. The van der Waals surface area contributed by atoms with Crippen LogP contribution in [0, 0.1) is 5.92 Å². The normalized spacial score (nSPS) is 18.3. The Morgan fingerprint density at radius 2 is 2.09 bits per heavy atom. The van der Waals surface area contributed by atoms with E-state index >= 15 is 0 Å². The van der Waals surface area contributed by atoms with Crippen molar-refractivity contribution in [1.29, 1.82) is 0 Å². The number of rotatable bonds is 8. The number of benzene rings is 1. The van der Waals surface area contributed by atoms with E-state index in [9.17, 15) is 9.59 Å². The van der Waals surface area contributed by atoms with E-state index in [1.54, 1.807) is 11.8 Å². The molecule has 1 atom stereocenters. The smallest absolute Gasteiger partial charge is 0.307 e. The molecular weight excluding hydrogens is 300 g/mol. The lowest BCUT2D eigenvalue weighted by molar-refractivity contribution is -0.141. The van der Waals surface area contributed by atoms with Gasteiger partial charge in [0.05, 0.1) is 12.5 Å². The van der Waals surface area contributed by atoms with Gasteiger partial charge in [-0.3, -0.25) is 14.5 Å². The van der Waals surface area contributed by atoms with E-state index in [1.165, 1.54) is 4.90 Å². The van der Waals surface area contributed by atoms with Crippen molar-refractivity contribution in [2.75, 3.05) is 31.9 Å². The summed E-state index contributed by atoms with van der Waals surface area (Å²) in [7, 11) is 0. The average Bonchev–Trinajstić information content (AvgIpc) is 2.96. The third-order valence-corrected chi connectivity index (χ3v) is 4.74. The molecule has 1 aliphatic heterocycles. The van der Waals surface area contributed by atoms with Crippen LogP contribution in [0.5, 0.6) is 0 Å². The fourth-order valence-electron chi connectivity index (χ4n) is 2.44. The van der Waals surface area contributed by atoms with E-state index in [0.29, 0.717) is 32.6 Å². The molecule has 1 aromatic carbocycles. The minimum Gasteiger partial charge on any atom is -0.481 e. The first-order chi connectivity index (χ1) is 10.6. The lowest BCUT2D eigenvalue weighted by atomic mass is 10.1. The van der Waals surface area contributed by atoms with Crippen LogP contribution >= 0.6 is 11.8 Å². The number of amides is 1. The van der Waals surface area contributed by atoms with Gasteiger partial charge in [-0.05, 0) is 37.3 Å². The molecule has 1 heterocycles. The molecule has 0 saturated carbocycles. The molecule has 1 fully saturated rings. The van der Waals surface area contributed by atoms with Crippen LogP contribution in [-0.4, -0.2) is 53.8 Å². The van der Waals surface area contributed by atoms with E-state index in [4.69, 9.17) is 5.11 Å². The molecule has 2 rings (SSSR count). The van der Waals surface area contributed by atoms with Gasteiger partial charge < -0.3 is 10.4 Å². The zero-order chi connectivity index (χ0) is 15.8. The van der Waals surface area contributed by atoms with Gasteiger partial charge >= 0.3 is 5.97 Å². The molecule has 0 aromatic heterocycles. The van der Waals surface area contributed by atoms with Crippen molar-refractivity contribution in [3.8, 4) is 0 Å². The number of carboxylic acids is 1. The molecule has 1 unspecified atom stereocenters. The summed E-state index contributed by atoms with van der Waals surface area (Å²) < 4.78 is 0. The zero-order valence-electron chi connectivity index (χ0n) is 12.5. The van der Waals surface area contributed by atoms with Crippen molar-refractivity contribution < 1.29 is 14.7 Å². The highest BCUT2D eigenvalue weighted by Crippen LogP contribution is 2.17. The highest BCUT2D eigenvalue weighted by molar-refractivity contribution is 7.99. The predicted octanol–water partition coefficient (Wildman–Crippen LogP) is 1.69. The summed E-state index contributed by atoms with van der Waals surface area (Å²) in [4.78, 5) is 25.8. The van der Waals surface area contributed by atoms with Crippen LogP contribution in [0.2, 0.25) is 0 Å². The van der Waals surface area contributed by atoms with E-state index < -0.39 is 5.97 Å². The minimum atomic E-state index is -0.763. The number of hydrogen-bond acceptors (Lipinski definition) is 4. The quantitative estimate of drug-likeness (QED) is 0.563. The molecule has 1 aliphatic rings. The number of carboxylic acid groups (broad SMARTS) is 1. The summed E-state index contributed by atoms with van der Waals surface area (Å²) in [5.74, 6) is -0.138. The van der Waals surface area contributed by atoms with Gasteiger partial charge in [-0.25, -0.2) is 0 Å². The summed E-state index contributed by atoms with van der Waals surface area (Å²) in [6.45, 7) is 2.13. The van der Waals surface area contributed by atoms with E-state index in [2.05, 4.69) is 17.4 Å². The largest absolute Gasteiger partial charge is 0.481 e. The number of thioether (sulfide) groups is 1. The Labute approximate surface area is 135 Å². The first-order valence-electron chi connectivity index (χ1n) is 7.55. The van der Waals surface area contributed by atoms with Crippen LogP contribution in [0.15, 0.2) is 35.2 Å². The van der Waals surface area contributed by atoms with E-state index in [-0.39, 0.29) is 11.8 Å². The SMILES string of the molecule is O=C(CN1CCC(C(=O)O)C1)NCCCSc1ccccc1. The third-order valence-electron chi connectivity index (χ3n) is 3.64. The first-order valence-corrected chi connectivity index (χ1v) is 8.53. The van der Waals surface area contributed by atoms with Crippen molar-refractivity contribution >= 4 is 23.6 Å². The molecule has 6 heteroatoms. The van der Waals surface area contributed by atoms with Crippen molar-refractivity contribution in [3.05, 3.63) is 30.3 Å². The van der Waals surface area contributed by atoms with Crippen molar-refractivity contribution in [2.45, 2.75) is 17.7 Å². The summed E-state index contributed by atoms with van der Waals surface area (Å²) >= 11 is 1.78. The van der Waals surface area contributed by atoms with Gasteiger partial charge in [-0.1, -0.05) is 18.2 Å². The van der Waals surface area contributed by atoms with Crippen LogP contribution in [0.4, 0.5) is 0 Å². The van der Waals surface area contributed by atoms with Gasteiger partial charge in [0.15, 0.2) is 0 Å². The Balaban J connectivity index is 1.54. The lowest BCUT2D eigenvalue weighted by Gasteiger charge is -2.14. The standard InChI is InChI=1S/C16H22N2O3S/c19-15(12-18-9-7-13(11-18)16(20)21)17-8-4-10-22-14-5-2-1-3-6-14/h1-3,5-6,13H,4,7-12H2,(H,17,19)(H,20,21). The number of carbonyl (C=O) groups is 2. The average molecular weight is 322 g/mol. The minimum absolute atomic E-state index is 0.0178. The summed E-state index contributed by atoms with van der Waals surface area (Å²) in [6.07, 6.45) is 1.55. The van der Waals surface area contributed by atoms with Gasteiger partial charge in [0.25, 0.3) is 0 Å². The van der Waals surface area contributed by atoms with Crippen LogP contribution in [0.1, 0.15) is 12.8 Å². The molecule has 120 valence electrons. The van der Waals surface area contributed by atoms with Crippen LogP contribution in [0.3, 0.4) is 0 Å².